The molecule has 3 nitrogen and oxygen atoms in total. The lowest BCUT2D eigenvalue weighted by Crippen LogP contribution is -2.43. The minimum atomic E-state index is 0.0916. The lowest BCUT2D eigenvalue weighted by atomic mass is 9.82. The van der Waals surface area contributed by atoms with E-state index in [1.54, 1.807) is 6.20 Å². The molecule has 1 fully saturated rings. The first-order valence-electron chi connectivity index (χ1n) is 8.78. The Kier molecular flexibility index (Phi) is 3.07. The third-order valence-corrected chi connectivity index (χ3v) is 5.89. The number of pyridine rings is 1. The van der Waals surface area contributed by atoms with Crippen molar-refractivity contribution in [1.29, 1.82) is 0 Å². The van der Waals surface area contributed by atoms with Crippen LogP contribution in [-0.4, -0.2) is 16.6 Å². The highest BCUT2D eigenvalue weighted by atomic mass is 16.3. The van der Waals surface area contributed by atoms with Crippen molar-refractivity contribution >= 4 is 27.8 Å². The zero-order valence-electron chi connectivity index (χ0n) is 15.5. The second-order valence-electron chi connectivity index (χ2n) is 8.59. The van der Waals surface area contributed by atoms with Crippen molar-refractivity contribution in [3.8, 4) is 0 Å². The van der Waals surface area contributed by atoms with E-state index in [1.807, 2.05) is 6.07 Å². The van der Waals surface area contributed by atoms with Crippen LogP contribution in [-0.2, 0) is 0 Å². The highest BCUT2D eigenvalue weighted by Gasteiger charge is 2.49. The Bertz CT molecular complexity index is 936. The van der Waals surface area contributed by atoms with E-state index in [0.717, 1.165) is 28.5 Å². The van der Waals surface area contributed by atoms with Crippen molar-refractivity contribution in [3.05, 3.63) is 36.0 Å². The van der Waals surface area contributed by atoms with Crippen LogP contribution in [0.15, 0.2) is 34.9 Å². The number of furan rings is 1. The Morgan fingerprint density at radius 3 is 2.54 bits per heavy atom. The zero-order valence-corrected chi connectivity index (χ0v) is 15.5. The maximum atomic E-state index is 6.23. The molecule has 2 aromatic heterocycles. The molecular formula is C21H26N2O. The van der Waals surface area contributed by atoms with Crippen LogP contribution in [0.1, 0.15) is 46.6 Å². The molecule has 0 radical (unpaired) electrons. The van der Waals surface area contributed by atoms with E-state index in [4.69, 9.17) is 4.42 Å². The summed E-state index contributed by atoms with van der Waals surface area (Å²) in [6.45, 7) is 14.0. The van der Waals surface area contributed by atoms with E-state index in [1.165, 1.54) is 11.3 Å². The Balaban J connectivity index is 2.04. The molecule has 1 unspecified atom stereocenters. The number of hydrogen-bond acceptors (Lipinski definition) is 3. The van der Waals surface area contributed by atoms with Gasteiger partial charge < -0.3 is 9.32 Å². The highest BCUT2D eigenvalue weighted by Crippen LogP contribution is 2.51. The molecule has 1 aliphatic rings. The third kappa shape index (κ3) is 2.00. The molecule has 0 saturated carbocycles. The molecule has 1 saturated heterocycles. The minimum absolute atomic E-state index is 0.0916. The largest absolute Gasteiger partial charge is 0.436 e. The van der Waals surface area contributed by atoms with Gasteiger partial charge in [0.15, 0.2) is 5.58 Å². The van der Waals surface area contributed by atoms with Gasteiger partial charge in [0.05, 0.1) is 5.69 Å². The van der Waals surface area contributed by atoms with Gasteiger partial charge in [-0.15, -0.1) is 0 Å². The van der Waals surface area contributed by atoms with Crippen LogP contribution < -0.4 is 4.90 Å². The predicted molar refractivity (Wildman–Crippen MR) is 101 cm³/mol. The van der Waals surface area contributed by atoms with Crippen LogP contribution in [0.5, 0.6) is 0 Å². The standard InChI is InChI=1S/C21H26N2O/c1-13-9-10-15-16-8-7-11-22-19(16)24-18(15)17(13)23-14(2)20(3,4)12-21(23,5)6/h7-11,14H,12H2,1-6H3. The molecule has 3 heterocycles. The minimum Gasteiger partial charge on any atom is -0.436 e. The summed E-state index contributed by atoms with van der Waals surface area (Å²) in [6.07, 6.45) is 2.96. The average molecular weight is 322 g/mol. The van der Waals surface area contributed by atoms with Crippen LogP contribution in [0.3, 0.4) is 0 Å². The van der Waals surface area contributed by atoms with Gasteiger partial charge >= 0.3 is 0 Å². The fraction of sp³-hybridized carbons (Fsp3) is 0.476. The Labute approximate surface area is 143 Å². The Morgan fingerprint density at radius 1 is 1.12 bits per heavy atom. The lowest BCUT2D eigenvalue weighted by molar-refractivity contribution is 0.329. The maximum Gasteiger partial charge on any atom is 0.227 e. The second kappa shape index (κ2) is 4.75. The number of aryl methyl sites for hydroxylation is 1. The average Bonchev–Trinajstić information content (AvgIpc) is 2.93. The fourth-order valence-electron chi connectivity index (χ4n) is 4.78. The summed E-state index contributed by atoms with van der Waals surface area (Å²) >= 11 is 0. The van der Waals surface area contributed by atoms with E-state index >= 15 is 0 Å². The number of nitrogens with zero attached hydrogens (tertiary/aromatic N) is 2. The molecule has 24 heavy (non-hydrogen) atoms. The Hall–Kier alpha value is -2.03. The van der Waals surface area contributed by atoms with Crippen LogP contribution in [0.2, 0.25) is 0 Å². The van der Waals surface area contributed by atoms with Gasteiger partial charge in [-0.3, -0.25) is 0 Å². The summed E-state index contributed by atoms with van der Waals surface area (Å²) in [4.78, 5) is 6.99. The van der Waals surface area contributed by atoms with Gasteiger partial charge in [-0.1, -0.05) is 26.0 Å². The van der Waals surface area contributed by atoms with Gasteiger partial charge in [-0.05, 0) is 57.2 Å². The first-order chi connectivity index (χ1) is 11.2. The van der Waals surface area contributed by atoms with Gasteiger partial charge in [-0.25, -0.2) is 4.98 Å². The number of hydrogen-bond donors (Lipinski definition) is 0. The molecule has 0 N–H and O–H groups in total. The topological polar surface area (TPSA) is 29.3 Å². The molecule has 1 aromatic carbocycles. The predicted octanol–water partition coefficient (Wildman–Crippen LogP) is 5.69. The van der Waals surface area contributed by atoms with E-state index in [9.17, 15) is 0 Å². The van der Waals surface area contributed by atoms with Crippen molar-refractivity contribution in [3.63, 3.8) is 0 Å². The maximum absolute atomic E-state index is 6.23. The second-order valence-corrected chi connectivity index (χ2v) is 8.59. The van der Waals surface area contributed by atoms with Crippen LogP contribution in [0, 0.1) is 12.3 Å². The molecule has 3 aromatic rings. The molecule has 0 bridgehead atoms. The molecule has 1 atom stereocenters. The van der Waals surface area contributed by atoms with E-state index < -0.39 is 0 Å². The number of rotatable bonds is 1. The number of fused-ring (bicyclic) bond motifs is 3. The Morgan fingerprint density at radius 2 is 1.88 bits per heavy atom. The molecule has 4 rings (SSSR count). The normalized spacial score (nSPS) is 22.6. The van der Waals surface area contributed by atoms with Crippen LogP contribution in [0.4, 0.5) is 5.69 Å². The summed E-state index contributed by atoms with van der Waals surface area (Å²) in [5, 5.41) is 2.25. The van der Waals surface area contributed by atoms with E-state index in [2.05, 4.69) is 69.6 Å². The van der Waals surface area contributed by atoms with Crippen LogP contribution in [0.25, 0.3) is 22.1 Å². The molecule has 1 aliphatic heterocycles. The molecule has 0 aliphatic carbocycles. The summed E-state index contributed by atoms with van der Waals surface area (Å²) in [5.41, 5.74) is 4.55. The smallest absolute Gasteiger partial charge is 0.227 e. The summed E-state index contributed by atoms with van der Waals surface area (Å²) < 4.78 is 6.23. The third-order valence-electron chi connectivity index (χ3n) is 5.89. The van der Waals surface area contributed by atoms with E-state index in [0.29, 0.717) is 6.04 Å². The first-order valence-corrected chi connectivity index (χ1v) is 8.78. The van der Waals surface area contributed by atoms with Crippen molar-refractivity contribution in [2.24, 2.45) is 5.41 Å². The lowest BCUT2D eigenvalue weighted by Gasteiger charge is -2.38. The van der Waals surface area contributed by atoms with Crippen LogP contribution >= 0.6 is 0 Å². The van der Waals surface area contributed by atoms with Gasteiger partial charge in [0.2, 0.25) is 5.71 Å². The number of anilines is 1. The SMILES string of the molecule is Cc1ccc2c(oc3ncccc32)c1N1C(C)C(C)(C)CC1(C)C. The highest BCUT2D eigenvalue weighted by molar-refractivity contribution is 6.08. The van der Waals surface area contributed by atoms with E-state index in [-0.39, 0.29) is 11.0 Å². The fourth-order valence-corrected chi connectivity index (χ4v) is 4.78. The van der Waals surface area contributed by atoms with Gasteiger partial charge in [-0.2, -0.15) is 0 Å². The van der Waals surface area contributed by atoms with Crippen molar-refractivity contribution in [2.45, 2.75) is 59.5 Å². The molecular weight excluding hydrogens is 296 g/mol. The molecule has 0 amide bonds. The molecule has 126 valence electrons. The first kappa shape index (κ1) is 15.5. The quantitative estimate of drug-likeness (QED) is 0.576. The number of benzene rings is 1. The van der Waals surface area contributed by atoms with Crippen molar-refractivity contribution in [1.82, 2.24) is 4.98 Å². The zero-order chi connectivity index (χ0) is 17.3. The number of aromatic nitrogens is 1. The summed E-state index contributed by atoms with van der Waals surface area (Å²) in [7, 11) is 0. The molecule has 3 heteroatoms. The van der Waals surface area contributed by atoms with Gasteiger partial charge in [0.1, 0.15) is 0 Å². The monoisotopic (exact) mass is 322 g/mol. The molecule has 0 spiro atoms. The van der Waals surface area contributed by atoms with Gasteiger partial charge in [0.25, 0.3) is 0 Å². The summed E-state index contributed by atoms with van der Waals surface area (Å²) in [5.74, 6) is 0. The van der Waals surface area contributed by atoms with Crippen molar-refractivity contribution in [2.75, 3.05) is 4.90 Å². The summed E-state index contributed by atoms with van der Waals surface area (Å²) in [6, 6.07) is 8.89. The van der Waals surface area contributed by atoms with Gasteiger partial charge in [0, 0.05) is 28.6 Å². The van der Waals surface area contributed by atoms with Crippen molar-refractivity contribution < 1.29 is 4.42 Å².